The van der Waals surface area contributed by atoms with E-state index < -0.39 is 0 Å². The van der Waals surface area contributed by atoms with Gasteiger partial charge in [-0.3, -0.25) is 0 Å². The van der Waals surface area contributed by atoms with Gasteiger partial charge in [-0.15, -0.1) is 0 Å². The maximum Gasteiger partial charge on any atom is 0.133 e. The molecule has 1 nitrogen and oxygen atoms in total. The maximum atomic E-state index is 5.63. The van der Waals surface area contributed by atoms with Gasteiger partial charge in [0.1, 0.15) is 5.15 Å². The largest absolute Gasteiger partial charge is 0.244 e. The molecule has 1 aromatic heterocycles. The number of halogens is 2. The zero-order chi connectivity index (χ0) is 6.85. The van der Waals surface area contributed by atoms with Gasteiger partial charge < -0.3 is 0 Å². The Morgan fingerprint density at radius 3 is 2.56 bits per heavy atom. The standard InChI is InChI=1S/C6H4Cl2N/c1-4-5(7)2-3-9-6(4)8/h2-3H,1H2. The topological polar surface area (TPSA) is 12.9 Å². The second-order valence-corrected chi connectivity index (χ2v) is 2.33. The van der Waals surface area contributed by atoms with Crippen LogP contribution in [-0.4, -0.2) is 4.98 Å². The third kappa shape index (κ3) is 1.35. The van der Waals surface area contributed by atoms with Crippen molar-refractivity contribution in [3.63, 3.8) is 0 Å². The van der Waals surface area contributed by atoms with Gasteiger partial charge in [-0.25, -0.2) is 4.98 Å². The van der Waals surface area contributed by atoms with Crippen molar-refractivity contribution in [2.45, 2.75) is 0 Å². The lowest BCUT2D eigenvalue weighted by molar-refractivity contribution is 1.30. The molecule has 0 aromatic carbocycles. The van der Waals surface area contributed by atoms with Crippen LogP contribution in [-0.2, 0) is 0 Å². The van der Waals surface area contributed by atoms with Crippen LogP contribution in [0.5, 0.6) is 0 Å². The third-order valence-electron chi connectivity index (χ3n) is 0.946. The molecule has 0 bridgehead atoms. The first kappa shape index (κ1) is 6.84. The molecular formula is C6H4Cl2N. The molecule has 0 saturated carbocycles. The van der Waals surface area contributed by atoms with Crippen molar-refractivity contribution < 1.29 is 0 Å². The van der Waals surface area contributed by atoms with Crippen LogP contribution in [0.3, 0.4) is 0 Å². The van der Waals surface area contributed by atoms with Gasteiger partial charge in [0.25, 0.3) is 0 Å². The lowest BCUT2D eigenvalue weighted by Crippen LogP contribution is -1.79. The Balaban J connectivity index is 3.25. The number of hydrogen-bond donors (Lipinski definition) is 0. The number of hydrogen-bond acceptors (Lipinski definition) is 1. The minimum Gasteiger partial charge on any atom is -0.244 e. The maximum absolute atomic E-state index is 5.63. The highest BCUT2D eigenvalue weighted by atomic mass is 35.5. The van der Waals surface area contributed by atoms with Crippen molar-refractivity contribution >= 4 is 23.2 Å². The molecule has 0 unspecified atom stereocenters. The molecule has 0 aliphatic heterocycles. The van der Waals surface area contributed by atoms with Gasteiger partial charge in [-0.05, 0) is 13.0 Å². The fourth-order valence-corrected chi connectivity index (χ4v) is 0.798. The molecule has 3 heteroatoms. The van der Waals surface area contributed by atoms with Crippen molar-refractivity contribution in [2.75, 3.05) is 0 Å². The van der Waals surface area contributed by atoms with Crippen LogP contribution in [0, 0.1) is 6.92 Å². The molecule has 0 amide bonds. The molecule has 1 radical (unpaired) electrons. The Labute approximate surface area is 63.6 Å². The van der Waals surface area contributed by atoms with E-state index in [2.05, 4.69) is 11.9 Å². The first-order valence-corrected chi connectivity index (χ1v) is 3.09. The fourth-order valence-electron chi connectivity index (χ4n) is 0.445. The lowest BCUT2D eigenvalue weighted by Gasteiger charge is -1.95. The summed E-state index contributed by atoms with van der Waals surface area (Å²) in [7, 11) is 0. The van der Waals surface area contributed by atoms with Gasteiger partial charge in [-0.2, -0.15) is 0 Å². The number of pyridine rings is 1. The first-order chi connectivity index (χ1) is 4.22. The van der Waals surface area contributed by atoms with E-state index in [0.29, 0.717) is 15.7 Å². The van der Waals surface area contributed by atoms with Crippen molar-refractivity contribution in [3.8, 4) is 0 Å². The molecule has 1 aromatic rings. The van der Waals surface area contributed by atoms with Crippen molar-refractivity contribution in [1.82, 2.24) is 4.98 Å². The molecule has 0 N–H and O–H groups in total. The predicted molar refractivity (Wildman–Crippen MR) is 38.7 cm³/mol. The van der Waals surface area contributed by atoms with E-state index in [0.717, 1.165) is 0 Å². The summed E-state index contributed by atoms with van der Waals surface area (Å²) >= 11 is 11.2. The Morgan fingerprint density at radius 1 is 1.44 bits per heavy atom. The van der Waals surface area contributed by atoms with Crippen LogP contribution in [0.2, 0.25) is 10.2 Å². The van der Waals surface area contributed by atoms with Gasteiger partial charge in [0.2, 0.25) is 0 Å². The second kappa shape index (κ2) is 2.54. The van der Waals surface area contributed by atoms with Crippen LogP contribution in [0.25, 0.3) is 0 Å². The summed E-state index contributed by atoms with van der Waals surface area (Å²) in [4.78, 5) is 3.76. The van der Waals surface area contributed by atoms with Crippen molar-refractivity contribution in [3.05, 3.63) is 34.9 Å². The molecule has 1 rings (SSSR count). The summed E-state index contributed by atoms with van der Waals surface area (Å²) < 4.78 is 0. The van der Waals surface area contributed by atoms with Crippen LogP contribution < -0.4 is 0 Å². The molecule has 0 aliphatic carbocycles. The zero-order valence-corrected chi connectivity index (χ0v) is 6.08. The number of rotatable bonds is 0. The minimum absolute atomic E-state index is 0.363. The van der Waals surface area contributed by atoms with Gasteiger partial charge in [0.05, 0.1) is 0 Å². The van der Waals surface area contributed by atoms with E-state index in [1.165, 1.54) is 0 Å². The van der Waals surface area contributed by atoms with Crippen molar-refractivity contribution in [1.29, 1.82) is 0 Å². The SMILES string of the molecule is [CH2]c1c(Cl)ccnc1Cl. The summed E-state index contributed by atoms with van der Waals surface area (Å²) in [6.45, 7) is 3.59. The van der Waals surface area contributed by atoms with E-state index in [4.69, 9.17) is 23.2 Å². The van der Waals surface area contributed by atoms with E-state index in [9.17, 15) is 0 Å². The second-order valence-electron chi connectivity index (χ2n) is 1.56. The molecule has 47 valence electrons. The van der Waals surface area contributed by atoms with E-state index in [1.807, 2.05) is 0 Å². The highest BCUT2D eigenvalue weighted by Crippen LogP contribution is 2.19. The first-order valence-electron chi connectivity index (χ1n) is 2.34. The average molecular weight is 161 g/mol. The van der Waals surface area contributed by atoms with Crippen LogP contribution in [0.4, 0.5) is 0 Å². The van der Waals surface area contributed by atoms with Gasteiger partial charge in [0, 0.05) is 16.8 Å². The predicted octanol–water partition coefficient (Wildman–Crippen LogP) is 2.57. The quantitative estimate of drug-likeness (QED) is 0.532. The third-order valence-corrected chi connectivity index (χ3v) is 1.63. The molecule has 9 heavy (non-hydrogen) atoms. The molecular weight excluding hydrogens is 157 g/mol. The summed E-state index contributed by atoms with van der Waals surface area (Å²) in [5.74, 6) is 0. The Bertz CT molecular complexity index is 202. The summed E-state index contributed by atoms with van der Waals surface area (Å²) in [6, 6.07) is 1.65. The zero-order valence-electron chi connectivity index (χ0n) is 4.56. The fraction of sp³-hybridized carbons (Fsp3) is 0. The van der Waals surface area contributed by atoms with Gasteiger partial charge >= 0.3 is 0 Å². The molecule has 0 atom stereocenters. The number of aromatic nitrogens is 1. The normalized spacial score (nSPS) is 9.67. The lowest BCUT2D eigenvalue weighted by atomic mass is 10.3. The molecule has 1 heterocycles. The monoisotopic (exact) mass is 160 g/mol. The summed E-state index contributed by atoms with van der Waals surface area (Å²) in [5.41, 5.74) is 0.584. The molecule has 0 spiro atoms. The smallest absolute Gasteiger partial charge is 0.133 e. The number of nitrogens with zero attached hydrogens (tertiary/aromatic N) is 1. The highest BCUT2D eigenvalue weighted by molar-refractivity contribution is 6.35. The molecule has 0 fully saturated rings. The average Bonchev–Trinajstić information content (AvgIpc) is 1.83. The molecule has 0 aliphatic rings. The van der Waals surface area contributed by atoms with E-state index in [1.54, 1.807) is 12.3 Å². The Kier molecular flexibility index (Phi) is 1.94. The van der Waals surface area contributed by atoms with Crippen LogP contribution >= 0.6 is 23.2 Å². The minimum atomic E-state index is 0.363. The van der Waals surface area contributed by atoms with Crippen LogP contribution in [0.1, 0.15) is 5.56 Å². The van der Waals surface area contributed by atoms with Gasteiger partial charge in [0.15, 0.2) is 0 Å². The van der Waals surface area contributed by atoms with E-state index in [-0.39, 0.29) is 0 Å². The Hall–Kier alpha value is -0.270. The van der Waals surface area contributed by atoms with E-state index >= 15 is 0 Å². The van der Waals surface area contributed by atoms with Crippen molar-refractivity contribution in [2.24, 2.45) is 0 Å². The molecule has 0 saturated heterocycles. The van der Waals surface area contributed by atoms with Crippen LogP contribution in [0.15, 0.2) is 12.3 Å². The summed E-state index contributed by atoms with van der Waals surface area (Å²) in [5, 5.41) is 0.914. The summed E-state index contributed by atoms with van der Waals surface area (Å²) in [6.07, 6.45) is 1.54. The van der Waals surface area contributed by atoms with Gasteiger partial charge in [-0.1, -0.05) is 23.2 Å². The highest BCUT2D eigenvalue weighted by Gasteiger charge is 1.97. The Morgan fingerprint density at radius 2 is 2.11 bits per heavy atom.